The fourth-order valence-corrected chi connectivity index (χ4v) is 7.70. The second kappa shape index (κ2) is 4.54. The second-order valence-electron chi connectivity index (χ2n) is 6.38. The first kappa shape index (κ1) is 13.9. The molecule has 1 aromatic heterocycles. The van der Waals surface area contributed by atoms with E-state index >= 15 is 0 Å². The molecule has 0 bridgehead atoms. The van der Waals surface area contributed by atoms with E-state index in [9.17, 15) is 0 Å². The minimum Gasteiger partial charge on any atom is -0.192 e. The van der Waals surface area contributed by atoms with E-state index in [0.717, 1.165) is 5.02 Å². The average molecular weight is 355 g/mol. The van der Waals surface area contributed by atoms with Gasteiger partial charge in [-0.3, -0.25) is 0 Å². The van der Waals surface area contributed by atoms with E-state index in [1.54, 1.807) is 0 Å². The summed E-state index contributed by atoms with van der Waals surface area (Å²) in [4.78, 5) is 2.95. The molecule has 23 heavy (non-hydrogen) atoms. The summed E-state index contributed by atoms with van der Waals surface area (Å²) < 4.78 is 2.77. The van der Waals surface area contributed by atoms with Crippen molar-refractivity contribution in [1.82, 2.24) is 0 Å². The Bertz CT molecular complexity index is 1110. The highest BCUT2D eigenvalue weighted by atomic mass is 35.5. The summed E-state index contributed by atoms with van der Waals surface area (Å²) in [6.45, 7) is 0. The molecule has 2 heterocycles. The van der Waals surface area contributed by atoms with E-state index in [1.807, 2.05) is 17.4 Å². The van der Waals surface area contributed by atoms with E-state index < -0.39 is 10.0 Å². The predicted octanol–water partition coefficient (Wildman–Crippen LogP) is 7.17. The van der Waals surface area contributed by atoms with Crippen molar-refractivity contribution in [3.05, 3.63) is 59.6 Å². The predicted molar refractivity (Wildman–Crippen MR) is 106 cm³/mol. The van der Waals surface area contributed by atoms with Gasteiger partial charge in [0.25, 0.3) is 0 Å². The van der Waals surface area contributed by atoms with Gasteiger partial charge in [-0.05, 0) is 48.4 Å². The molecule has 3 aromatic carbocycles. The first-order chi connectivity index (χ1) is 11.1. The average Bonchev–Trinajstić information content (AvgIpc) is 3.01. The molecule has 0 spiro atoms. The van der Waals surface area contributed by atoms with Crippen molar-refractivity contribution in [3.8, 4) is 11.1 Å². The quantitative estimate of drug-likeness (QED) is 0.314. The molecule has 5 rings (SSSR count). The Morgan fingerprint density at radius 2 is 1.65 bits per heavy atom. The summed E-state index contributed by atoms with van der Waals surface area (Å²) in [5.74, 6) is 0. The van der Waals surface area contributed by atoms with Crippen molar-refractivity contribution in [2.75, 3.05) is 12.5 Å². The number of fused-ring (bicyclic) bond motifs is 7. The molecule has 0 unspecified atom stereocenters. The van der Waals surface area contributed by atoms with Crippen LogP contribution in [0.15, 0.2) is 64.4 Å². The van der Waals surface area contributed by atoms with Crippen LogP contribution in [-0.4, -0.2) is 12.5 Å². The van der Waals surface area contributed by atoms with Crippen LogP contribution in [0.3, 0.4) is 0 Å². The monoisotopic (exact) mass is 354 g/mol. The molecule has 0 amide bonds. The molecule has 0 N–H and O–H groups in total. The van der Waals surface area contributed by atoms with E-state index in [0.29, 0.717) is 0 Å². The first-order valence-electron chi connectivity index (χ1n) is 7.55. The van der Waals surface area contributed by atoms with Crippen molar-refractivity contribution in [3.63, 3.8) is 0 Å². The first-order valence-corrected chi connectivity index (χ1v) is 11.2. The highest BCUT2D eigenvalue weighted by Gasteiger charge is 2.33. The Kier molecular flexibility index (Phi) is 2.74. The number of hydrogen-bond acceptors (Lipinski definition) is 1. The molecule has 114 valence electrons. The summed E-state index contributed by atoms with van der Waals surface area (Å²) in [6.07, 6.45) is 4.79. The SMILES string of the molecule is CS1(C)c2ccc(Cl)cc2-c2c1ccc1c2sc2ccccc21. The van der Waals surface area contributed by atoms with Crippen molar-refractivity contribution in [2.24, 2.45) is 0 Å². The van der Waals surface area contributed by atoms with Gasteiger partial charge >= 0.3 is 0 Å². The van der Waals surface area contributed by atoms with Gasteiger partial charge in [0, 0.05) is 40.5 Å². The fourth-order valence-electron chi connectivity index (χ4n) is 3.71. The van der Waals surface area contributed by atoms with Crippen LogP contribution in [0.1, 0.15) is 0 Å². The van der Waals surface area contributed by atoms with Crippen molar-refractivity contribution >= 4 is 53.1 Å². The smallest absolute Gasteiger partial charge is 0.0445 e. The molecule has 0 fully saturated rings. The zero-order valence-corrected chi connectivity index (χ0v) is 15.3. The van der Waals surface area contributed by atoms with Crippen LogP contribution < -0.4 is 0 Å². The summed E-state index contributed by atoms with van der Waals surface area (Å²) in [5.41, 5.74) is 2.76. The molecule has 3 heteroatoms. The van der Waals surface area contributed by atoms with Gasteiger partial charge in [0.15, 0.2) is 0 Å². The van der Waals surface area contributed by atoms with E-state index in [4.69, 9.17) is 11.6 Å². The Hall–Kier alpha value is -1.48. The van der Waals surface area contributed by atoms with Crippen LogP contribution in [0.25, 0.3) is 31.3 Å². The van der Waals surface area contributed by atoms with Gasteiger partial charge in [-0.1, -0.05) is 35.9 Å². The molecule has 0 radical (unpaired) electrons. The van der Waals surface area contributed by atoms with Crippen LogP contribution in [0.4, 0.5) is 0 Å². The van der Waals surface area contributed by atoms with Crippen LogP contribution in [-0.2, 0) is 0 Å². The molecule has 0 aliphatic carbocycles. The standard InChI is InChI=1S/C20H15ClS2/c1-23(2)17-9-7-12(21)11-15(17)19-18(23)10-8-14-13-5-3-4-6-16(13)22-20(14)19/h3-11H,1-2H3. The van der Waals surface area contributed by atoms with Gasteiger partial charge in [-0.25, -0.2) is 0 Å². The molecular formula is C20H15ClS2. The molecule has 0 nitrogen and oxygen atoms in total. The lowest BCUT2D eigenvalue weighted by molar-refractivity contribution is 1.47. The zero-order chi connectivity index (χ0) is 15.8. The second-order valence-corrected chi connectivity index (χ2v) is 11.4. The van der Waals surface area contributed by atoms with Crippen LogP contribution in [0.2, 0.25) is 5.02 Å². The fraction of sp³-hybridized carbons (Fsp3) is 0.100. The molecule has 0 atom stereocenters. The zero-order valence-electron chi connectivity index (χ0n) is 12.9. The maximum absolute atomic E-state index is 6.33. The highest BCUT2D eigenvalue weighted by Crippen LogP contribution is 2.69. The van der Waals surface area contributed by atoms with Crippen LogP contribution in [0, 0.1) is 0 Å². The number of hydrogen-bond donors (Lipinski definition) is 0. The van der Waals surface area contributed by atoms with Crippen molar-refractivity contribution in [2.45, 2.75) is 9.79 Å². The summed E-state index contributed by atoms with van der Waals surface area (Å²) in [6, 6.07) is 19.8. The van der Waals surface area contributed by atoms with Crippen molar-refractivity contribution < 1.29 is 0 Å². The summed E-state index contributed by atoms with van der Waals surface area (Å²) >= 11 is 8.23. The summed E-state index contributed by atoms with van der Waals surface area (Å²) in [7, 11) is -0.963. The minimum absolute atomic E-state index is 0.824. The lowest BCUT2D eigenvalue weighted by atomic mass is 10.0. The molecular weight excluding hydrogens is 340 g/mol. The largest absolute Gasteiger partial charge is 0.192 e. The number of rotatable bonds is 0. The van der Waals surface area contributed by atoms with E-state index in [2.05, 4.69) is 61.0 Å². The van der Waals surface area contributed by atoms with Gasteiger partial charge in [0.05, 0.1) is 0 Å². The van der Waals surface area contributed by atoms with Gasteiger partial charge < -0.3 is 0 Å². The molecule has 1 aliphatic rings. The minimum atomic E-state index is -0.963. The lowest BCUT2D eigenvalue weighted by Crippen LogP contribution is -1.91. The molecule has 1 aliphatic heterocycles. The maximum Gasteiger partial charge on any atom is 0.0445 e. The van der Waals surface area contributed by atoms with Crippen LogP contribution >= 0.6 is 33.0 Å². The van der Waals surface area contributed by atoms with Crippen molar-refractivity contribution in [1.29, 1.82) is 0 Å². The van der Waals surface area contributed by atoms with Gasteiger partial charge in [-0.2, -0.15) is 10.0 Å². The third-order valence-corrected chi connectivity index (χ3v) is 9.15. The Balaban J connectivity index is 2.01. The third-order valence-electron chi connectivity index (χ3n) is 4.82. The third kappa shape index (κ3) is 1.74. The molecule has 0 saturated heterocycles. The maximum atomic E-state index is 6.33. The Labute approximate surface area is 146 Å². The lowest BCUT2D eigenvalue weighted by Gasteiger charge is -2.28. The van der Waals surface area contributed by atoms with Gasteiger partial charge in [0.2, 0.25) is 0 Å². The summed E-state index contributed by atoms with van der Waals surface area (Å²) in [5, 5.41) is 3.55. The normalized spacial score (nSPS) is 16.5. The van der Waals surface area contributed by atoms with Crippen LogP contribution in [0.5, 0.6) is 0 Å². The number of benzene rings is 3. The Morgan fingerprint density at radius 1 is 0.870 bits per heavy atom. The Morgan fingerprint density at radius 3 is 2.52 bits per heavy atom. The molecule has 4 aromatic rings. The van der Waals surface area contributed by atoms with Gasteiger partial charge in [0.1, 0.15) is 0 Å². The molecule has 0 saturated carbocycles. The topological polar surface area (TPSA) is 0 Å². The van der Waals surface area contributed by atoms with E-state index in [-0.39, 0.29) is 0 Å². The van der Waals surface area contributed by atoms with E-state index in [1.165, 1.54) is 41.1 Å². The highest BCUT2D eigenvalue weighted by molar-refractivity contribution is 8.33. The number of thiophene rings is 1. The van der Waals surface area contributed by atoms with Gasteiger partial charge in [-0.15, -0.1) is 11.3 Å². The number of halogens is 1.